The Labute approximate surface area is 86.2 Å². The molecule has 0 saturated heterocycles. The summed E-state index contributed by atoms with van der Waals surface area (Å²) < 4.78 is 0. The van der Waals surface area contributed by atoms with Crippen LogP contribution in [0.1, 0.15) is 15.9 Å². The van der Waals surface area contributed by atoms with Crippen molar-refractivity contribution in [2.75, 3.05) is 6.73 Å². The lowest BCUT2D eigenvalue weighted by Gasteiger charge is -1.95. The van der Waals surface area contributed by atoms with Crippen LogP contribution in [0.4, 0.5) is 0 Å². The minimum atomic E-state index is -0.402. The summed E-state index contributed by atoms with van der Waals surface area (Å²) in [6, 6.07) is 6.79. The summed E-state index contributed by atoms with van der Waals surface area (Å²) in [4.78, 5) is 15.3. The van der Waals surface area contributed by atoms with Crippen molar-refractivity contribution in [1.29, 1.82) is 0 Å². The van der Waals surface area contributed by atoms with Crippen molar-refractivity contribution in [2.24, 2.45) is 4.99 Å². The fraction of sp³-hybridized carbons (Fsp3) is 0.0909. The average molecular weight is 203 g/mol. The monoisotopic (exact) mass is 203 g/mol. The Hall–Kier alpha value is -1.94. The molecule has 15 heavy (non-hydrogen) atoms. The number of benzene rings is 1. The van der Waals surface area contributed by atoms with Crippen molar-refractivity contribution < 1.29 is 15.0 Å². The molecule has 0 heterocycles. The van der Waals surface area contributed by atoms with E-state index in [4.69, 9.17) is 5.11 Å². The molecule has 0 aliphatic heterocycles. The van der Waals surface area contributed by atoms with Crippen LogP contribution < -0.4 is 0 Å². The van der Waals surface area contributed by atoms with Gasteiger partial charge in [-0.15, -0.1) is 0 Å². The zero-order valence-corrected chi connectivity index (χ0v) is 7.84. The standard InChI is InChI=1S/C11H9NO3/c13-6-12-5-9-10(14)7-3-1-2-4-8(7)11(9)15/h1-5,13-14H,6H2. The number of fused-ring (bicyclic) bond motifs is 1. The number of carbonyl (C=O) groups is 1. The molecule has 0 saturated carbocycles. The molecule has 0 bridgehead atoms. The molecule has 76 valence electrons. The minimum Gasteiger partial charge on any atom is -0.506 e. The van der Waals surface area contributed by atoms with Crippen LogP contribution in [-0.4, -0.2) is 28.9 Å². The molecule has 2 N–H and O–H groups in total. The van der Waals surface area contributed by atoms with Crippen molar-refractivity contribution in [3.8, 4) is 0 Å². The highest BCUT2D eigenvalue weighted by Crippen LogP contribution is 2.29. The van der Waals surface area contributed by atoms with Gasteiger partial charge >= 0.3 is 0 Å². The first-order valence-electron chi connectivity index (χ1n) is 4.43. The van der Waals surface area contributed by atoms with Crippen LogP contribution in [-0.2, 0) is 0 Å². The number of ketones is 1. The number of rotatable bonds is 2. The Morgan fingerprint density at radius 2 is 1.93 bits per heavy atom. The van der Waals surface area contributed by atoms with Gasteiger partial charge in [0.1, 0.15) is 12.5 Å². The van der Waals surface area contributed by atoms with Gasteiger partial charge in [-0.05, 0) is 0 Å². The topological polar surface area (TPSA) is 69.9 Å². The van der Waals surface area contributed by atoms with E-state index in [2.05, 4.69) is 4.99 Å². The maximum absolute atomic E-state index is 11.7. The van der Waals surface area contributed by atoms with Crippen LogP contribution in [0.25, 0.3) is 5.76 Å². The van der Waals surface area contributed by atoms with Gasteiger partial charge in [0.2, 0.25) is 0 Å². The van der Waals surface area contributed by atoms with Gasteiger partial charge in [0.25, 0.3) is 0 Å². The molecule has 4 nitrogen and oxygen atoms in total. The lowest BCUT2D eigenvalue weighted by Crippen LogP contribution is -2.00. The molecule has 4 heteroatoms. The lowest BCUT2D eigenvalue weighted by atomic mass is 10.1. The first-order chi connectivity index (χ1) is 7.25. The normalized spacial score (nSPS) is 15.1. The molecule has 2 rings (SSSR count). The Morgan fingerprint density at radius 1 is 1.27 bits per heavy atom. The second-order valence-electron chi connectivity index (χ2n) is 3.09. The van der Waals surface area contributed by atoms with Gasteiger partial charge in [-0.2, -0.15) is 0 Å². The van der Waals surface area contributed by atoms with Crippen molar-refractivity contribution in [3.05, 3.63) is 41.0 Å². The van der Waals surface area contributed by atoms with Crippen LogP contribution in [0.5, 0.6) is 0 Å². The summed E-state index contributed by atoms with van der Waals surface area (Å²) >= 11 is 0. The van der Waals surface area contributed by atoms with Crippen LogP contribution in [0, 0.1) is 0 Å². The second kappa shape index (κ2) is 3.67. The summed E-state index contributed by atoms with van der Waals surface area (Å²) in [5.41, 5.74) is 1.11. The largest absolute Gasteiger partial charge is 0.506 e. The van der Waals surface area contributed by atoms with Gasteiger partial charge in [-0.25, -0.2) is 0 Å². The molecule has 0 atom stereocenters. The third-order valence-electron chi connectivity index (χ3n) is 2.23. The third-order valence-corrected chi connectivity index (χ3v) is 2.23. The zero-order valence-electron chi connectivity index (χ0n) is 7.84. The van der Waals surface area contributed by atoms with E-state index in [-0.39, 0.29) is 17.1 Å². The molecule has 1 aromatic rings. The third kappa shape index (κ3) is 1.45. The summed E-state index contributed by atoms with van der Waals surface area (Å²) in [7, 11) is 0. The Bertz CT molecular complexity index is 474. The Balaban J connectivity index is 2.50. The number of allylic oxidation sites excluding steroid dienone is 1. The second-order valence-corrected chi connectivity index (χ2v) is 3.09. The van der Waals surface area contributed by atoms with E-state index in [1.807, 2.05) is 0 Å². The first kappa shape index (κ1) is 9.61. The molecule has 0 spiro atoms. The molecule has 0 amide bonds. The fourth-order valence-corrected chi connectivity index (χ4v) is 1.54. The van der Waals surface area contributed by atoms with Crippen molar-refractivity contribution in [3.63, 3.8) is 0 Å². The molecule has 0 aromatic heterocycles. The number of Topliss-reactive ketones (excluding diaryl/α,β-unsaturated/α-hetero) is 1. The molecule has 0 fully saturated rings. The van der Waals surface area contributed by atoms with Crippen molar-refractivity contribution >= 4 is 17.8 Å². The highest BCUT2D eigenvalue weighted by molar-refractivity contribution is 6.30. The van der Waals surface area contributed by atoms with E-state index >= 15 is 0 Å². The minimum absolute atomic E-state index is 0.0761. The van der Waals surface area contributed by atoms with E-state index < -0.39 is 6.73 Å². The highest BCUT2D eigenvalue weighted by atomic mass is 16.3. The van der Waals surface area contributed by atoms with Gasteiger partial charge in [-0.1, -0.05) is 24.3 Å². The Kier molecular flexibility index (Phi) is 2.35. The number of carbonyl (C=O) groups excluding carboxylic acids is 1. The molecular weight excluding hydrogens is 194 g/mol. The number of aliphatic hydroxyl groups is 2. The lowest BCUT2D eigenvalue weighted by molar-refractivity contribution is 0.104. The number of hydrogen-bond acceptors (Lipinski definition) is 4. The van der Waals surface area contributed by atoms with Gasteiger partial charge in [0, 0.05) is 17.3 Å². The van der Waals surface area contributed by atoms with Crippen molar-refractivity contribution in [2.45, 2.75) is 0 Å². The fourth-order valence-electron chi connectivity index (χ4n) is 1.54. The van der Waals surface area contributed by atoms with Gasteiger partial charge in [-0.3, -0.25) is 9.79 Å². The van der Waals surface area contributed by atoms with Crippen LogP contribution >= 0.6 is 0 Å². The van der Waals surface area contributed by atoms with Crippen LogP contribution in [0.2, 0.25) is 0 Å². The number of aliphatic imine (C=N–C) groups is 1. The zero-order chi connectivity index (χ0) is 10.8. The predicted octanol–water partition coefficient (Wildman–Crippen LogP) is 1.17. The molecule has 1 aliphatic rings. The van der Waals surface area contributed by atoms with Crippen LogP contribution in [0.3, 0.4) is 0 Å². The Morgan fingerprint density at radius 3 is 2.53 bits per heavy atom. The number of nitrogens with zero attached hydrogens (tertiary/aromatic N) is 1. The van der Waals surface area contributed by atoms with Gasteiger partial charge < -0.3 is 10.2 Å². The van der Waals surface area contributed by atoms with Gasteiger partial charge in [0.05, 0.1) is 5.57 Å². The quantitative estimate of drug-likeness (QED) is 0.709. The first-order valence-corrected chi connectivity index (χ1v) is 4.43. The maximum atomic E-state index is 11.7. The number of hydrogen-bond donors (Lipinski definition) is 2. The van der Waals surface area contributed by atoms with Gasteiger partial charge in [0.15, 0.2) is 5.78 Å². The van der Waals surface area contributed by atoms with E-state index in [0.29, 0.717) is 11.1 Å². The number of aliphatic hydroxyl groups excluding tert-OH is 2. The van der Waals surface area contributed by atoms with E-state index in [0.717, 1.165) is 0 Å². The molecule has 1 aromatic carbocycles. The highest BCUT2D eigenvalue weighted by Gasteiger charge is 2.27. The van der Waals surface area contributed by atoms with E-state index in [1.54, 1.807) is 24.3 Å². The average Bonchev–Trinajstić information content (AvgIpc) is 2.51. The molecule has 1 aliphatic carbocycles. The van der Waals surface area contributed by atoms with E-state index in [1.165, 1.54) is 6.21 Å². The van der Waals surface area contributed by atoms with Crippen LogP contribution in [0.15, 0.2) is 34.8 Å². The summed E-state index contributed by atoms with van der Waals surface area (Å²) in [5.74, 6) is -0.340. The molecule has 0 unspecified atom stereocenters. The predicted molar refractivity (Wildman–Crippen MR) is 55.9 cm³/mol. The maximum Gasteiger partial charge on any atom is 0.199 e. The SMILES string of the molecule is O=C1C(C=NCO)=C(O)c2ccccc21. The summed E-state index contributed by atoms with van der Waals surface area (Å²) in [6.45, 7) is -0.402. The van der Waals surface area contributed by atoms with E-state index in [9.17, 15) is 9.90 Å². The molecule has 0 radical (unpaired) electrons. The van der Waals surface area contributed by atoms with Crippen molar-refractivity contribution in [1.82, 2.24) is 0 Å². The molecular formula is C11H9NO3. The summed E-state index contributed by atoms with van der Waals surface area (Å²) in [5, 5.41) is 18.2. The summed E-state index contributed by atoms with van der Waals surface area (Å²) in [6.07, 6.45) is 1.19. The smallest absolute Gasteiger partial charge is 0.199 e.